The van der Waals surface area contributed by atoms with Crippen molar-refractivity contribution >= 4 is 0 Å². The van der Waals surface area contributed by atoms with E-state index in [0.29, 0.717) is 0 Å². The van der Waals surface area contributed by atoms with Crippen molar-refractivity contribution in [2.24, 2.45) is 0 Å². The van der Waals surface area contributed by atoms with Crippen molar-refractivity contribution in [2.45, 2.75) is 17.1 Å². The Morgan fingerprint density at radius 3 is 1.50 bits per heavy atom. The molecule has 1 aliphatic heterocycles. The Kier molecular flexibility index (Phi) is 0.749. The molecule has 1 heterocycles. The van der Waals surface area contributed by atoms with Crippen molar-refractivity contribution in [1.82, 2.24) is 0 Å². The van der Waals surface area contributed by atoms with Crippen LogP contribution in [0.2, 0.25) is 10.6 Å². The van der Waals surface area contributed by atoms with E-state index >= 15 is 0 Å². The normalized spacial score (nSPS) is 26.0. The van der Waals surface area contributed by atoms with E-state index in [1.54, 1.807) is 0 Å². The molecule has 0 saturated carbocycles. The first-order valence-electron chi connectivity index (χ1n) is 1.50. The van der Waals surface area contributed by atoms with Gasteiger partial charge in [0.05, 0.1) is 0 Å². The summed E-state index contributed by atoms with van der Waals surface area (Å²) >= 11 is 1.50. The van der Waals surface area contributed by atoms with E-state index in [4.69, 9.17) is 0 Å². The van der Waals surface area contributed by atoms with Gasteiger partial charge >= 0.3 is 32.0 Å². The van der Waals surface area contributed by atoms with Crippen molar-refractivity contribution < 1.29 is 15.0 Å². The fraction of sp³-hybridized carbons (Fsp3) is 1.00. The van der Waals surface area contributed by atoms with E-state index in [2.05, 4.69) is 0 Å². The molecule has 0 bridgehead atoms. The predicted octanol–water partition coefficient (Wildman–Crippen LogP) is 1.31. The Morgan fingerprint density at radius 1 is 1.25 bits per heavy atom. The molecule has 0 amide bonds. The molecule has 0 atom stereocenters. The zero-order valence-corrected chi connectivity index (χ0v) is 3.58. The van der Waals surface area contributed by atoms with Crippen molar-refractivity contribution in [3.8, 4) is 0 Å². The third kappa shape index (κ3) is 0.285. The molecule has 0 aromatic carbocycles. The number of hydrogen-bond acceptors (Lipinski definition) is 0. The molecule has 1 fully saturated rings. The van der Waals surface area contributed by atoms with Gasteiger partial charge in [0.1, 0.15) is 0 Å². The van der Waals surface area contributed by atoms with Crippen LogP contribution in [0.5, 0.6) is 0 Å². The van der Waals surface area contributed by atoms with Gasteiger partial charge in [-0.1, -0.05) is 0 Å². The van der Waals surface area contributed by atoms with Crippen molar-refractivity contribution in [2.75, 3.05) is 0 Å². The molecule has 0 aromatic rings. The van der Waals surface area contributed by atoms with E-state index in [9.17, 15) is 0 Å². The molecule has 0 aliphatic carbocycles. The Bertz CT molecular complexity index is 11.2. The quantitative estimate of drug-likeness (QED) is 0.400. The van der Waals surface area contributed by atoms with E-state index < -0.39 is 0 Å². The van der Waals surface area contributed by atoms with Gasteiger partial charge in [-0.2, -0.15) is 0 Å². The van der Waals surface area contributed by atoms with Gasteiger partial charge in [0.2, 0.25) is 0 Å². The molecule has 0 unspecified atom stereocenters. The molecular formula is C3H6Fe. The van der Waals surface area contributed by atoms with Gasteiger partial charge in [0.25, 0.3) is 0 Å². The van der Waals surface area contributed by atoms with Crippen LogP contribution < -0.4 is 0 Å². The minimum absolute atomic E-state index is 1.50. The average Bonchev–Trinajstić information content (AvgIpc) is 0.722. The molecule has 4 heavy (non-hydrogen) atoms. The van der Waals surface area contributed by atoms with Crippen LogP contribution in [0.25, 0.3) is 0 Å². The fourth-order valence-electron chi connectivity index (χ4n) is 0.125. The summed E-state index contributed by atoms with van der Waals surface area (Å²) in [4.78, 5) is 0. The summed E-state index contributed by atoms with van der Waals surface area (Å²) < 4.78 is 0. The van der Waals surface area contributed by atoms with Gasteiger partial charge in [0.15, 0.2) is 0 Å². The molecule has 0 aromatic heterocycles. The Hall–Kier alpha value is 0.519. The van der Waals surface area contributed by atoms with Crippen LogP contribution in [0.1, 0.15) is 6.42 Å². The van der Waals surface area contributed by atoms with E-state index in [1.165, 1.54) is 32.0 Å². The summed E-state index contributed by atoms with van der Waals surface area (Å²) in [5.74, 6) is 0. The van der Waals surface area contributed by atoms with Crippen molar-refractivity contribution in [3.05, 3.63) is 0 Å². The summed E-state index contributed by atoms with van der Waals surface area (Å²) in [7, 11) is 0. The molecule has 26 valence electrons. The fourth-order valence-corrected chi connectivity index (χ4v) is 0.515. The summed E-state index contributed by atoms with van der Waals surface area (Å²) in [6, 6.07) is 0. The van der Waals surface area contributed by atoms with Crippen LogP contribution in [-0.2, 0) is 15.0 Å². The molecular weight excluding hydrogens is 91.9 g/mol. The number of rotatable bonds is 0. The van der Waals surface area contributed by atoms with E-state index in [-0.39, 0.29) is 0 Å². The van der Waals surface area contributed by atoms with Crippen LogP contribution in [0.15, 0.2) is 0 Å². The predicted molar refractivity (Wildman–Crippen MR) is 14.2 cm³/mol. The first-order chi connectivity index (χ1) is 2.00. The molecule has 0 nitrogen and oxygen atoms in total. The Morgan fingerprint density at radius 2 is 1.50 bits per heavy atom. The SMILES string of the molecule is C1[CH2][Fe][CH2]1. The maximum absolute atomic E-state index is 1.50. The van der Waals surface area contributed by atoms with Crippen LogP contribution in [0.3, 0.4) is 0 Å². The van der Waals surface area contributed by atoms with Gasteiger partial charge in [-0.05, 0) is 0 Å². The first-order valence-corrected chi connectivity index (χ1v) is 3.06. The number of hydrogen-bond donors (Lipinski definition) is 0. The maximum atomic E-state index is 1.50. The first kappa shape index (κ1) is 2.74. The van der Waals surface area contributed by atoms with Gasteiger partial charge in [-0.15, -0.1) is 0 Å². The van der Waals surface area contributed by atoms with Crippen LogP contribution in [0.4, 0.5) is 0 Å². The summed E-state index contributed by atoms with van der Waals surface area (Å²) in [5, 5.41) is 3.00. The molecule has 1 aliphatic rings. The molecule has 1 heteroatoms. The van der Waals surface area contributed by atoms with Gasteiger partial charge in [-0.25, -0.2) is 0 Å². The second kappa shape index (κ2) is 1.09. The minimum atomic E-state index is 1.50. The third-order valence-electron chi connectivity index (χ3n) is 0.500. The summed E-state index contributed by atoms with van der Waals surface area (Å²) in [5.41, 5.74) is 0. The van der Waals surface area contributed by atoms with E-state index in [1.807, 2.05) is 0 Å². The van der Waals surface area contributed by atoms with Crippen molar-refractivity contribution in [1.29, 1.82) is 0 Å². The van der Waals surface area contributed by atoms with Crippen LogP contribution in [0, 0.1) is 0 Å². The second-order valence-electron chi connectivity index (χ2n) is 0.884. The van der Waals surface area contributed by atoms with E-state index in [0.717, 1.165) is 0 Å². The third-order valence-corrected chi connectivity index (χ3v) is 2.06. The monoisotopic (exact) mass is 98.0 g/mol. The average molecular weight is 97.9 g/mol. The zero-order chi connectivity index (χ0) is 2.83. The standard InChI is InChI=1S/C3H6.Fe/c1-3-2;/h1-3H2;. The second-order valence-corrected chi connectivity index (χ2v) is 2.54. The molecule has 0 N–H and O–H groups in total. The molecule has 0 spiro atoms. The topological polar surface area (TPSA) is 0 Å². The van der Waals surface area contributed by atoms with Crippen molar-refractivity contribution in [3.63, 3.8) is 0 Å². The molecule has 1 rings (SSSR count). The Balaban J connectivity index is 2.00. The van der Waals surface area contributed by atoms with Crippen LogP contribution >= 0.6 is 0 Å². The Labute approximate surface area is 32.7 Å². The van der Waals surface area contributed by atoms with Crippen LogP contribution in [-0.4, -0.2) is 0 Å². The molecule has 0 radical (unpaired) electrons. The van der Waals surface area contributed by atoms with Gasteiger partial charge in [0, 0.05) is 0 Å². The molecule has 1 saturated heterocycles. The van der Waals surface area contributed by atoms with Gasteiger partial charge in [-0.3, -0.25) is 0 Å². The summed E-state index contributed by atoms with van der Waals surface area (Å²) in [6.07, 6.45) is 1.50. The summed E-state index contributed by atoms with van der Waals surface area (Å²) in [6.45, 7) is 0. The van der Waals surface area contributed by atoms with Gasteiger partial charge < -0.3 is 0 Å². The zero-order valence-electron chi connectivity index (χ0n) is 2.47.